The lowest BCUT2D eigenvalue weighted by Crippen LogP contribution is -2.41. The van der Waals surface area contributed by atoms with Gasteiger partial charge in [-0.1, -0.05) is 17.7 Å². The minimum atomic E-state index is -0.739. The van der Waals surface area contributed by atoms with Gasteiger partial charge in [-0.3, -0.25) is 10.1 Å². The van der Waals surface area contributed by atoms with Gasteiger partial charge in [-0.05, 0) is 55.9 Å². The van der Waals surface area contributed by atoms with Crippen molar-refractivity contribution in [1.29, 1.82) is 0 Å². The smallest absolute Gasteiger partial charge is 0.331 e. The number of esters is 1. The number of hydrogen-bond donors (Lipinski definition) is 3. The summed E-state index contributed by atoms with van der Waals surface area (Å²) >= 11 is 0. The van der Waals surface area contributed by atoms with Crippen LogP contribution in [0.2, 0.25) is 0 Å². The molecule has 8 nitrogen and oxygen atoms in total. The molecule has 0 heterocycles. The van der Waals surface area contributed by atoms with Gasteiger partial charge in [0.15, 0.2) is 18.1 Å². The molecule has 1 aliphatic rings. The number of methoxy groups -OCH3 is 1. The third-order valence-electron chi connectivity index (χ3n) is 4.33. The highest BCUT2D eigenvalue weighted by atomic mass is 16.5. The molecule has 0 fully saturated rings. The predicted octanol–water partition coefficient (Wildman–Crippen LogP) is 2.67. The van der Waals surface area contributed by atoms with Crippen molar-refractivity contribution in [2.75, 3.05) is 20.3 Å². The molecular formula is C21H26N2O6. The SMILES string of the molecule is COc1cc(/C=C/C(=O)OCC(=O)NC(=O)NCCC2=CCCCC2)ccc1O. The second kappa shape index (κ2) is 11.5. The zero-order valence-corrected chi connectivity index (χ0v) is 16.4. The predicted molar refractivity (Wildman–Crippen MR) is 107 cm³/mol. The number of allylic oxidation sites excluding steroid dienone is 1. The molecule has 1 aliphatic carbocycles. The number of benzene rings is 1. The second-order valence-electron chi connectivity index (χ2n) is 6.53. The van der Waals surface area contributed by atoms with E-state index in [1.54, 1.807) is 12.1 Å². The van der Waals surface area contributed by atoms with Gasteiger partial charge in [-0.25, -0.2) is 9.59 Å². The average molecular weight is 402 g/mol. The summed E-state index contributed by atoms with van der Waals surface area (Å²) in [7, 11) is 1.42. The van der Waals surface area contributed by atoms with Gasteiger partial charge in [0.1, 0.15) is 0 Å². The maximum atomic E-state index is 11.7. The number of ether oxygens (including phenoxy) is 2. The topological polar surface area (TPSA) is 114 Å². The molecule has 156 valence electrons. The average Bonchev–Trinajstić information content (AvgIpc) is 2.72. The number of phenolic OH excluding ortho intramolecular Hbond substituents is 1. The summed E-state index contributed by atoms with van der Waals surface area (Å²) in [5.74, 6) is -1.20. The van der Waals surface area contributed by atoms with Crippen LogP contribution in [0.1, 0.15) is 37.7 Å². The molecule has 3 amide bonds. The fraction of sp³-hybridized carbons (Fsp3) is 0.381. The van der Waals surface area contributed by atoms with Crippen LogP contribution in [0.15, 0.2) is 35.9 Å². The van der Waals surface area contributed by atoms with Crippen molar-refractivity contribution >= 4 is 24.0 Å². The highest BCUT2D eigenvalue weighted by molar-refractivity contribution is 5.96. The van der Waals surface area contributed by atoms with Crippen LogP contribution in [0.25, 0.3) is 6.08 Å². The van der Waals surface area contributed by atoms with Gasteiger partial charge in [0.05, 0.1) is 7.11 Å². The molecule has 8 heteroatoms. The first-order valence-corrected chi connectivity index (χ1v) is 9.45. The van der Waals surface area contributed by atoms with E-state index in [0.717, 1.165) is 25.3 Å². The number of urea groups is 1. The zero-order valence-electron chi connectivity index (χ0n) is 16.4. The Balaban J connectivity index is 1.66. The number of hydrogen-bond acceptors (Lipinski definition) is 6. The Bertz CT molecular complexity index is 800. The number of carbonyl (C=O) groups is 3. The van der Waals surface area contributed by atoms with Crippen molar-refractivity contribution in [3.63, 3.8) is 0 Å². The van der Waals surface area contributed by atoms with Gasteiger partial charge in [0.25, 0.3) is 5.91 Å². The molecular weight excluding hydrogens is 376 g/mol. The van der Waals surface area contributed by atoms with E-state index in [-0.39, 0.29) is 11.5 Å². The van der Waals surface area contributed by atoms with Crippen LogP contribution in [-0.4, -0.2) is 43.3 Å². The van der Waals surface area contributed by atoms with E-state index in [2.05, 4.69) is 16.7 Å². The molecule has 0 aliphatic heterocycles. The lowest BCUT2D eigenvalue weighted by atomic mass is 9.97. The van der Waals surface area contributed by atoms with Crippen molar-refractivity contribution in [3.8, 4) is 11.5 Å². The monoisotopic (exact) mass is 402 g/mol. The Kier molecular flexibility index (Phi) is 8.75. The largest absolute Gasteiger partial charge is 0.504 e. The summed E-state index contributed by atoms with van der Waals surface area (Å²) in [4.78, 5) is 35.1. The molecule has 1 aromatic carbocycles. The van der Waals surface area contributed by atoms with E-state index < -0.39 is 24.5 Å². The first-order valence-electron chi connectivity index (χ1n) is 9.45. The summed E-state index contributed by atoms with van der Waals surface area (Å²) in [5.41, 5.74) is 1.93. The van der Waals surface area contributed by atoms with Crippen LogP contribution in [-0.2, 0) is 14.3 Å². The van der Waals surface area contributed by atoms with Gasteiger partial charge < -0.3 is 19.9 Å². The first kappa shape index (κ1) is 22.0. The van der Waals surface area contributed by atoms with Crippen molar-refractivity contribution in [2.45, 2.75) is 32.1 Å². The molecule has 0 aromatic heterocycles. The van der Waals surface area contributed by atoms with Gasteiger partial charge in [-0.15, -0.1) is 0 Å². The summed E-state index contributed by atoms with van der Waals surface area (Å²) in [6.07, 6.45) is 10.1. The fourth-order valence-electron chi connectivity index (χ4n) is 2.82. The number of carbonyl (C=O) groups excluding carboxylic acids is 3. The van der Waals surface area contributed by atoms with Gasteiger partial charge in [0.2, 0.25) is 0 Å². The Morgan fingerprint density at radius 2 is 2.07 bits per heavy atom. The number of amides is 3. The quantitative estimate of drug-likeness (QED) is 0.350. The molecule has 0 unspecified atom stereocenters. The van der Waals surface area contributed by atoms with Crippen LogP contribution in [0, 0.1) is 0 Å². The maximum Gasteiger partial charge on any atom is 0.331 e. The fourth-order valence-corrected chi connectivity index (χ4v) is 2.82. The van der Waals surface area contributed by atoms with Gasteiger partial charge in [-0.2, -0.15) is 0 Å². The first-order chi connectivity index (χ1) is 14.0. The normalized spacial score (nSPS) is 13.5. The molecule has 0 bridgehead atoms. The molecule has 0 atom stereocenters. The Morgan fingerprint density at radius 1 is 1.24 bits per heavy atom. The van der Waals surface area contributed by atoms with E-state index in [4.69, 9.17) is 9.47 Å². The number of aromatic hydroxyl groups is 1. The minimum Gasteiger partial charge on any atom is -0.504 e. The van der Waals surface area contributed by atoms with Crippen LogP contribution in [0.3, 0.4) is 0 Å². The van der Waals surface area contributed by atoms with Gasteiger partial charge >= 0.3 is 12.0 Å². The Hall–Kier alpha value is -3.29. The summed E-state index contributed by atoms with van der Waals surface area (Å²) < 4.78 is 9.78. The Labute approximate surface area is 169 Å². The molecule has 0 radical (unpaired) electrons. The zero-order chi connectivity index (χ0) is 21.1. The third kappa shape index (κ3) is 8.08. The standard InChI is InChI=1S/C21H26N2O6/c1-28-18-13-16(7-9-17(18)24)8-10-20(26)29-14-19(25)23-21(27)22-12-11-15-5-3-2-4-6-15/h5,7-10,13,24H,2-4,6,11-12,14H2,1H3,(H2,22,23,25,27)/b10-8+. The van der Waals surface area contributed by atoms with E-state index in [0.29, 0.717) is 12.1 Å². The Morgan fingerprint density at radius 3 is 2.79 bits per heavy atom. The third-order valence-corrected chi connectivity index (χ3v) is 4.33. The summed E-state index contributed by atoms with van der Waals surface area (Å²) in [5, 5.41) is 14.3. The number of phenols is 1. The summed E-state index contributed by atoms with van der Waals surface area (Å²) in [6.45, 7) is -0.121. The van der Waals surface area contributed by atoms with Crippen molar-refractivity contribution in [3.05, 3.63) is 41.5 Å². The van der Waals surface area contributed by atoms with E-state index in [9.17, 15) is 19.5 Å². The molecule has 2 rings (SSSR count). The van der Waals surface area contributed by atoms with Crippen LogP contribution >= 0.6 is 0 Å². The molecule has 0 saturated heterocycles. The van der Waals surface area contributed by atoms with Crippen molar-refractivity contribution in [1.82, 2.24) is 10.6 Å². The van der Waals surface area contributed by atoms with E-state index in [1.807, 2.05) is 0 Å². The van der Waals surface area contributed by atoms with Crippen molar-refractivity contribution in [2.24, 2.45) is 0 Å². The lowest BCUT2D eigenvalue weighted by molar-refractivity contribution is -0.143. The molecule has 3 N–H and O–H groups in total. The molecule has 0 saturated carbocycles. The van der Waals surface area contributed by atoms with Crippen LogP contribution in [0.5, 0.6) is 11.5 Å². The lowest BCUT2D eigenvalue weighted by Gasteiger charge is -2.13. The molecule has 29 heavy (non-hydrogen) atoms. The number of imide groups is 1. The van der Waals surface area contributed by atoms with Gasteiger partial charge in [0, 0.05) is 12.6 Å². The highest BCUT2D eigenvalue weighted by Crippen LogP contribution is 2.26. The minimum absolute atomic E-state index is 0.0161. The number of rotatable bonds is 8. The number of nitrogens with one attached hydrogen (secondary N) is 2. The summed E-state index contributed by atoms with van der Waals surface area (Å²) in [6, 6.07) is 3.94. The van der Waals surface area contributed by atoms with Crippen molar-refractivity contribution < 1.29 is 29.0 Å². The van der Waals surface area contributed by atoms with E-state index in [1.165, 1.54) is 37.7 Å². The molecule has 0 spiro atoms. The van der Waals surface area contributed by atoms with Crippen LogP contribution in [0.4, 0.5) is 4.79 Å². The van der Waals surface area contributed by atoms with E-state index >= 15 is 0 Å². The molecule has 1 aromatic rings. The second-order valence-corrected chi connectivity index (χ2v) is 6.53. The maximum absolute atomic E-state index is 11.7. The van der Waals surface area contributed by atoms with Crippen LogP contribution < -0.4 is 15.4 Å². The highest BCUT2D eigenvalue weighted by Gasteiger charge is 2.10.